The van der Waals surface area contributed by atoms with E-state index in [1.807, 2.05) is 6.92 Å². The molecule has 1 aliphatic heterocycles. The second kappa shape index (κ2) is 8.50. The minimum atomic E-state index is -0.269. The van der Waals surface area contributed by atoms with Gasteiger partial charge in [-0.3, -0.25) is 14.3 Å². The normalized spacial score (nSPS) is 13.2. The summed E-state index contributed by atoms with van der Waals surface area (Å²) in [7, 11) is 1.55. The third kappa shape index (κ3) is 4.49. The fourth-order valence-corrected chi connectivity index (χ4v) is 2.82. The molecule has 2 heterocycles. The summed E-state index contributed by atoms with van der Waals surface area (Å²) in [5.74, 6) is -0.287. The molecule has 3 N–H and O–H groups in total. The van der Waals surface area contributed by atoms with Gasteiger partial charge < -0.3 is 20.9 Å². The largest absolute Gasteiger partial charge is 0.354 e. The van der Waals surface area contributed by atoms with Crippen LogP contribution in [0.3, 0.4) is 0 Å². The number of fused-ring (bicyclic) bond motifs is 1. The third-order valence-electron chi connectivity index (χ3n) is 4.17. The van der Waals surface area contributed by atoms with E-state index in [9.17, 15) is 14.4 Å². The van der Waals surface area contributed by atoms with Crippen molar-refractivity contribution in [1.29, 1.82) is 0 Å². The van der Waals surface area contributed by atoms with Gasteiger partial charge in [0.15, 0.2) is 5.69 Å². The predicted octanol–water partition coefficient (Wildman–Crippen LogP) is -0.143. The van der Waals surface area contributed by atoms with Crippen LogP contribution in [0.2, 0.25) is 0 Å². The quantitative estimate of drug-likeness (QED) is 0.663. The molecule has 1 aromatic rings. The Morgan fingerprint density at radius 1 is 1.20 bits per heavy atom. The maximum Gasteiger partial charge on any atom is 0.314 e. The molecular formula is C16H26N6O3. The minimum absolute atomic E-state index is 0.0180. The Hall–Kier alpha value is -2.58. The molecule has 0 fully saturated rings. The van der Waals surface area contributed by atoms with Crippen LogP contribution in [0.1, 0.15) is 42.0 Å². The standard InChI is InChI=1S/C16H26N6O3/c1-4-6-18-16(25)19-7-9-22-13-5-8-21(11(2)23)10-12(13)14(20-22)15(24)17-3/h4-10H2,1-3H3,(H,17,24)(H2,18,19,25). The summed E-state index contributed by atoms with van der Waals surface area (Å²) in [4.78, 5) is 37.1. The molecule has 4 amide bonds. The highest BCUT2D eigenvalue weighted by molar-refractivity contribution is 5.94. The predicted molar refractivity (Wildman–Crippen MR) is 92.1 cm³/mol. The van der Waals surface area contributed by atoms with Gasteiger partial charge in [-0.1, -0.05) is 6.92 Å². The van der Waals surface area contributed by atoms with E-state index in [0.717, 1.165) is 17.7 Å². The molecule has 25 heavy (non-hydrogen) atoms. The number of nitrogens with zero attached hydrogens (tertiary/aromatic N) is 3. The molecule has 0 saturated carbocycles. The van der Waals surface area contributed by atoms with Gasteiger partial charge in [-0.05, 0) is 6.42 Å². The summed E-state index contributed by atoms with van der Waals surface area (Å²) in [6, 6.07) is -0.211. The summed E-state index contributed by atoms with van der Waals surface area (Å²) in [6.45, 7) is 6.01. The molecule has 9 heteroatoms. The number of amides is 4. The zero-order valence-corrected chi connectivity index (χ0v) is 15.0. The molecule has 0 aliphatic carbocycles. The molecule has 1 aromatic heterocycles. The Balaban J connectivity index is 2.10. The molecule has 0 bridgehead atoms. The summed E-state index contributed by atoms with van der Waals surface area (Å²) in [6.07, 6.45) is 1.52. The Kier molecular flexibility index (Phi) is 6.37. The average molecular weight is 350 g/mol. The van der Waals surface area contributed by atoms with E-state index in [0.29, 0.717) is 44.8 Å². The van der Waals surface area contributed by atoms with Gasteiger partial charge in [0.25, 0.3) is 5.91 Å². The van der Waals surface area contributed by atoms with Crippen molar-refractivity contribution >= 4 is 17.8 Å². The molecule has 9 nitrogen and oxygen atoms in total. The van der Waals surface area contributed by atoms with E-state index in [-0.39, 0.29) is 17.8 Å². The minimum Gasteiger partial charge on any atom is -0.354 e. The zero-order valence-electron chi connectivity index (χ0n) is 15.0. The summed E-state index contributed by atoms with van der Waals surface area (Å²) in [5.41, 5.74) is 2.09. The number of hydrogen-bond donors (Lipinski definition) is 3. The Morgan fingerprint density at radius 2 is 1.92 bits per heavy atom. The number of hydrogen-bond acceptors (Lipinski definition) is 4. The highest BCUT2D eigenvalue weighted by Gasteiger charge is 2.28. The number of carbonyl (C=O) groups is 3. The van der Waals surface area contributed by atoms with Crippen LogP contribution in [0.25, 0.3) is 0 Å². The molecule has 0 saturated heterocycles. The van der Waals surface area contributed by atoms with Gasteiger partial charge in [-0.15, -0.1) is 0 Å². The molecule has 0 spiro atoms. The van der Waals surface area contributed by atoms with Crippen LogP contribution >= 0.6 is 0 Å². The van der Waals surface area contributed by atoms with Crippen LogP contribution in [0, 0.1) is 0 Å². The lowest BCUT2D eigenvalue weighted by Gasteiger charge is -2.26. The fourth-order valence-electron chi connectivity index (χ4n) is 2.82. The molecule has 0 aromatic carbocycles. The van der Waals surface area contributed by atoms with E-state index >= 15 is 0 Å². The highest BCUT2D eigenvalue weighted by Crippen LogP contribution is 2.22. The first-order valence-corrected chi connectivity index (χ1v) is 8.55. The number of aromatic nitrogens is 2. The van der Waals surface area contributed by atoms with Crippen molar-refractivity contribution in [3.63, 3.8) is 0 Å². The van der Waals surface area contributed by atoms with Crippen LogP contribution in [-0.2, 0) is 24.3 Å². The van der Waals surface area contributed by atoms with Gasteiger partial charge in [-0.25, -0.2) is 4.79 Å². The van der Waals surface area contributed by atoms with Gasteiger partial charge in [-0.2, -0.15) is 5.10 Å². The van der Waals surface area contributed by atoms with Crippen LogP contribution in [0.15, 0.2) is 0 Å². The molecule has 138 valence electrons. The van der Waals surface area contributed by atoms with Crippen molar-refractivity contribution < 1.29 is 14.4 Å². The second-order valence-corrected chi connectivity index (χ2v) is 5.95. The van der Waals surface area contributed by atoms with E-state index < -0.39 is 0 Å². The van der Waals surface area contributed by atoms with Crippen molar-refractivity contribution in [1.82, 2.24) is 30.6 Å². The van der Waals surface area contributed by atoms with Crippen molar-refractivity contribution in [3.05, 3.63) is 17.0 Å². The monoisotopic (exact) mass is 350 g/mol. The average Bonchev–Trinajstić information content (AvgIpc) is 2.97. The van der Waals surface area contributed by atoms with Crippen LogP contribution in [0.4, 0.5) is 4.79 Å². The molecular weight excluding hydrogens is 324 g/mol. The third-order valence-corrected chi connectivity index (χ3v) is 4.17. The maximum absolute atomic E-state index is 12.1. The number of carbonyl (C=O) groups excluding carboxylic acids is 3. The lowest BCUT2D eigenvalue weighted by Crippen LogP contribution is -2.38. The number of rotatable bonds is 6. The van der Waals surface area contributed by atoms with Crippen LogP contribution in [0.5, 0.6) is 0 Å². The molecule has 0 unspecified atom stereocenters. The molecule has 0 radical (unpaired) electrons. The molecule has 2 rings (SSSR count). The lowest BCUT2D eigenvalue weighted by atomic mass is 10.0. The van der Waals surface area contributed by atoms with Crippen molar-refractivity contribution in [2.75, 3.05) is 26.7 Å². The van der Waals surface area contributed by atoms with Crippen molar-refractivity contribution in [2.45, 2.75) is 39.8 Å². The second-order valence-electron chi connectivity index (χ2n) is 5.95. The van der Waals surface area contributed by atoms with E-state index in [1.165, 1.54) is 6.92 Å². The van der Waals surface area contributed by atoms with Crippen molar-refractivity contribution in [3.8, 4) is 0 Å². The van der Waals surface area contributed by atoms with E-state index in [2.05, 4.69) is 21.0 Å². The molecule has 0 atom stereocenters. The summed E-state index contributed by atoms with van der Waals surface area (Å²) < 4.78 is 1.76. The fraction of sp³-hybridized carbons (Fsp3) is 0.625. The SMILES string of the molecule is CCCNC(=O)NCCn1nc(C(=O)NC)c2c1CCN(C(C)=O)C2. The smallest absolute Gasteiger partial charge is 0.314 e. The summed E-state index contributed by atoms with van der Waals surface area (Å²) in [5, 5.41) is 12.5. The first kappa shape index (κ1) is 18.8. The Morgan fingerprint density at radius 3 is 2.56 bits per heavy atom. The molecule has 1 aliphatic rings. The van der Waals surface area contributed by atoms with Crippen molar-refractivity contribution in [2.24, 2.45) is 0 Å². The number of urea groups is 1. The van der Waals surface area contributed by atoms with Gasteiger partial charge in [0.2, 0.25) is 5.91 Å². The van der Waals surface area contributed by atoms with Gasteiger partial charge in [0, 0.05) is 57.8 Å². The van der Waals surface area contributed by atoms with E-state index in [1.54, 1.807) is 16.6 Å². The Labute approximate surface area is 147 Å². The first-order chi connectivity index (χ1) is 12.0. The van der Waals surface area contributed by atoms with Gasteiger partial charge >= 0.3 is 6.03 Å². The number of nitrogens with one attached hydrogen (secondary N) is 3. The lowest BCUT2D eigenvalue weighted by molar-refractivity contribution is -0.129. The Bertz CT molecular complexity index is 655. The van der Waals surface area contributed by atoms with Gasteiger partial charge in [0.1, 0.15) is 0 Å². The van der Waals surface area contributed by atoms with Gasteiger partial charge in [0.05, 0.1) is 6.54 Å². The summed E-state index contributed by atoms with van der Waals surface area (Å²) >= 11 is 0. The maximum atomic E-state index is 12.1. The van der Waals surface area contributed by atoms with Crippen LogP contribution < -0.4 is 16.0 Å². The zero-order chi connectivity index (χ0) is 18.4. The topological polar surface area (TPSA) is 108 Å². The van der Waals surface area contributed by atoms with E-state index in [4.69, 9.17) is 0 Å². The van der Waals surface area contributed by atoms with Crippen LogP contribution in [-0.4, -0.2) is 59.2 Å². The first-order valence-electron chi connectivity index (χ1n) is 8.55. The highest BCUT2D eigenvalue weighted by atomic mass is 16.2.